The lowest BCUT2D eigenvalue weighted by Gasteiger charge is -2.04. The maximum atomic E-state index is 11.6. The summed E-state index contributed by atoms with van der Waals surface area (Å²) in [4.78, 5) is 19.7. The molecule has 0 spiro atoms. The van der Waals surface area contributed by atoms with E-state index in [1.54, 1.807) is 36.4 Å². The van der Waals surface area contributed by atoms with Crippen LogP contribution in [0.5, 0.6) is 0 Å². The maximum Gasteiger partial charge on any atom is 0.225 e. The topological polar surface area (TPSA) is 54.9 Å². The molecule has 0 bridgehead atoms. The lowest BCUT2D eigenvalue weighted by Crippen LogP contribution is -2.12. The molecule has 18 heavy (non-hydrogen) atoms. The van der Waals surface area contributed by atoms with Crippen LogP contribution in [0.2, 0.25) is 0 Å². The van der Waals surface area contributed by atoms with Crippen molar-refractivity contribution >= 4 is 23.4 Å². The Morgan fingerprint density at radius 2 is 2.17 bits per heavy atom. The van der Waals surface area contributed by atoms with Crippen LogP contribution >= 0.6 is 11.8 Å². The molecule has 0 unspecified atom stereocenters. The van der Waals surface area contributed by atoms with Crippen LogP contribution in [0.1, 0.15) is 6.42 Å². The summed E-state index contributed by atoms with van der Waals surface area (Å²) < 4.78 is 0. The highest BCUT2D eigenvalue weighted by atomic mass is 32.2. The van der Waals surface area contributed by atoms with Gasteiger partial charge in [-0.3, -0.25) is 9.78 Å². The Hall–Kier alpha value is -1.88. The Kier molecular flexibility index (Phi) is 4.72. The van der Waals surface area contributed by atoms with Gasteiger partial charge in [0.1, 0.15) is 0 Å². The van der Waals surface area contributed by atoms with E-state index in [9.17, 15) is 4.79 Å². The van der Waals surface area contributed by atoms with E-state index in [4.69, 9.17) is 0 Å². The number of pyridine rings is 2. The molecule has 0 atom stereocenters. The van der Waals surface area contributed by atoms with E-state index in [2.05, 4.69) is 15.3 Å². The Labute approximate surface area is 110 Å². The average molecular weight is 259 g/mol. The Morgan fingerprint density at radius 3 is 2.89 bits per heavy atom. The third-order valence-electron chi connectivity index (χ3n) is 2.16. The van der Waals surface area contributed by atoms with E-state index in [0.717, 1.165) is 10.7 Å². The number of hydrogen-bond acceptors (Lipinski definition) is 4. The first-order valence-corrected chi connectivity index (χ1v) is 6.57. The van der Waals surface area contributed by atoms with Crippen LogP contribution in [0.15, 0.2) is 53.9 Å². The first-order chi connectivity index (χ1) is 8.84. The third-order valence-corrected chi connectivity index (χ3v) is 3.11. The number of hydrogen-bond donors (Lipinski definition) is 1. The molecular weight excluding hydrogens is 246 g/mol. The van der Waals surface area contributed by atoms with Gasteiger partial charge in [-0.1, -0.05) is 6.07 Å². The number of carbonyl (C=O) groups excluding carboxylic acids is 1. The van der Waals surface area contributed by atoms with Crippen LogP contribution in [0, 0.1) is 0 Å². The van der Waals surface area contributed by atoms with Crippen molar-refractivity contribution in [2.24, 2.45) is 0 Å². The summed E-state index contributed by atoms with van der Waals surface area (Å²) in [5, 5.41) is 3.73. The quantitative estimate of drug-likeness (QED) is 0.839. The number of anilines is 1. The second kappa shape index (κ2) is 6.76. The molecule has 2 aromatic heterocycles. The van der Waals surface area contributed by atoms with E-state index >= 15 is 0 Å². The zero-order valence-corrected chi connectivity index (χ0v) is 10.6. The van der Waals surface area contributed by atoms with Crippen molar-refractivity contribution in [3.8, 4) is 0 Å². The minimum absolute atomic E-state index is 0.00793. The van der Waals surface area contributed by atoms with Gasteiger partial charge in [-0.05, 0) is 24.3 Å². The smallest absolute Gasteiger partial charge is 0.225 e. The number of carbonyl (C=O) groups is 1. The van der Waals surface area contributed by atoms with Crippen molar-refractivity contribution in [2.45, 2.75) is 11.4 Å². The summed E-state index contributed by atoms with van der Waals surface area (Å²) in [5.74, 6) is 0.703. The second-order valence-electron chi connectivity index (χ2n) is 3.56. The first-order valence-electron chi connectivity index (χ1n) is 5.58. The molecule has 4 nitrogen and oxygen atoms in total. The number of amides is 1. The number of aromatic nitrogens is 2. The molecule has 1 amide bonds. The van der Waals surface area contributed by atoms with Gasteiger partial charge in [0.2, 0.25) is 5.91 Å². The van der Waals surface area contributed by atoms with Crippen LogP contribution in [0.3, 0.4) is 0 Å². The molecule has 0 aromatic carbocycles. The third kappa shape index (κ3) is 4.18. The van der Waals surface area contributed by atoms with Crippen molar-refractivity contribution in [1.29, 1.82) is 0 Å². The summed E-state index contributed by atoms with van der Waals surface area (Å²) in [5.41, 5.74) is 0.727. The Bertz CT molecular complexity index is 490. The number of nitrogens with zero attached hydrogens (tertiary/aromatic N) is 2. The summed E-state index contributed by atoms with van der Waals surface area (Å²) in [6, 6.07) is 9.35. The molecule has 2 aromatic rings. The standard InChI is InChI=1S/C13H13N3OS/c17-12(16-11-4-3-7-14-10-11)6-9-18-13-5-1-2-8-15-13/h1-5,7-8,10H,6,9H2,(H,16,17). The fourth-order valence-electron chi connectivity index (χ4n) is 1.34. The summed E-state index contributed by atoms with van der Waals surface area (Å²) in [6.45, 7) is 0. The van der Waals surface area contributed by atoms with Crippen LogP contribution in [-0.2, 0) is 4.79 Å². The fourth-order valence-corrected chi connectivity index (χ4v) is 2.15. The zero-order valence-electron chi connectivity index (χ0n) is 9.74. The van der Waals surface area contributed by atoms with E-state index < -0.39 is 0 Å². The second-order valence-corrected chi connectivity index (χ2v) is 4.67. The largest absolute Gasteiger partial charge is 0.325 e. The van der Waals surface area contributed by atoms with Gasteiger partial charge in [0.15, 0.2) is 0 Å². The van der Waals surface area contributed by atoms with Gasteiger partial charge in [-0.25, -0.2) is 4.98 Å². The molecule has 0 aliphatic carbocycles. The molecule has 1 N–H and O–H groups in total. The molecule has 0 aliphatic heterocycles. The summed E-state index contributed by atoms with van der Waals surface area (Å²) in [6.07, 6.45) is 5.50. The van der Waals surface area contributed by atoms with Gasteiger partial charge in [-0.2, -0.15) is 0 Å². The Balaban J connectivity index is 1.73. The van der Waals surface area contributed by atoms with Gasteiger partial charge in [0.05, 0.1) is 16.9 Å². The fraction of sp³-hybridized carbons (Fsp3) is 0.154. The van der Waals surface area contributed by atoms with E-state index in [-0.39, 0.29) is 5.91 Å². The van der Waals surface area contributed by atoms with E-state index in [1.165, 1.54) is 0 Å². The number of thioether (sulfide) groups is 1. The molecule has 0 fully saturated rings. The number of rotatable bonds is 5. The highest BCUT2D eigenvalue weighted by Gasteiger charge is 2.03. The van der Waals surface area contributed by atoms with Gasteiger partial charge in [0, 0.05) is 24.6 Å². The van der Waals surface area contributed by atoms with Crippen molar-refractivity contribution in [1.82, 2.24) is 9.97 Å². The normalized spacial score (nSPS) is 10.0. The monoisotopic (exact) mass is 259 g/mol. The van der Waals surface area contributed by atoms with Gasteiger partial charge in [-0.15, -0.1) is 11.8 Å². The average Bonchev–Trinajstić information content (AvgIpc) is 2.41. The molecule has 2 heterocycles. The predicted molar refractivity (Wildman–Crippen MR) is 72.4 cm³/mol. The molecule has 5 heteroatoms. The van der Waals surface area contributed by atoms with Crippen molar-refractivity contribution in [2.75, 3.05) is 11.1 Å². The summed E-state index contributed by atoms with van der Waals surface area (Å²) in [7, 11) is 0. The number of nitrogens with one attached hydrogen (secondary N) is 1. The highest BCUT2D eigenvalue weighted by molar-refractivity contribution is 7.99. The van der Waals surface area contributed by atoms with Crippen LogP contribution in [-0.4, -0.2) is 21.6 Å². The van der Waals surface area contributed by atoms with Crippen molar-refractivity contribution < 1.29 is 4.79 Å². The minimum atomic E-state index is -0.00793. The van der Waals surface area contributed by atoms with Gasteiger partial charge in [0.25, 0.3) is 0 Å². The predicted octanol–water partition coefficient (Wildman–Crippen LogP) is 2.60. The van der Waals surface area contributed by atoms with Gasteiger partial charge < -0.3 is 5.32 Å². The van der Waals surface area contributed by atoms with Crippen LogP contribution in [0.25, 0.3) is 0 Å². The minimum Gasteiger partial charge on any atom is -0.325 e. The molecule has 0 aliphatic rings. The van der Waals surface area contributed by atoms with Crippen LogP contribution < -0.4 is 5.32 Å². The molecule has 0 saturated heterocycles. The molecular formula is C13H13N3OS. The lowest BCUT2D eigenvalue weighted by molar-refractivity contribution is -0.115. The van der Waals surface area contributed by atoms with Crippen molar-refractivity contribution in [3.05, 3.63) is 48.9 Å². The Morgan fingerprint density at radius 1 is 1.22 bits per heavy atom. The molecule has 0 radical (unpaired) electrons. The lowest BCUT2D eigenvalue weighted by atomic mass is 10.4. The molecule has 0 saturated carbocycles. The zero-order chi connectivity index (χ0) is 12.6. The van der Waals surface area contributed by atoms with Crippen molar-refractivity contribution in [3.63, 3.8) is 0 Å². The van der Waals surface area contributed by atoms with E-state index in [0.29, 0.717) is 12.2 Å². The SMILES string of the molecule is O=C(CCSc1ccccn1)Nc1cccnc1. The van der Waals surface area contributed by atoms with E-state index in [1.807, 2.05) is 24.3 Å². The maximum absolute atomic E-state index is 11.6. The molecule has 2 rings (SSSR count). The molecule has 92 valence electrons. The summed E-state index contributed by atoms with van der Waals surface area (Å²) >= 11 is 1.57. The highest BCUT2D eigenvalue weighted by Crippen LogP contribution is 2.15. The van der Waals surface area contributed by atoms with Gasteiger partial charge >= 0.3 is 0 Å². The van der Waals surface area contributed by atoms with Crippen LogP contribution in [0.4, 0.5) is 5.69 Å². The first kappa shape index (κ1) is 12.6.